The van der Waals surface area contributed by atoms with Gasteiger partial charge in [0, 0.05) is 10.6 Å². The number of halogens is 2. The van der Waals surface area contributed by atoms with Crippen molar-refractivity contribution in [3.05, 3.63) is 69.8 Å². The predicted octanol–water partition coefficient (Wildman–Crippen LogP) is 4.75. The monoisotopic (exact) mass is 376 g/mol. The van der Waals surface area contributed by atoms with Crippen LogP contribution in [0, 0.1) is 5.82 Å². The Labute approximate surface area is 151 Å². The zero-order valence-corrected chi connectivity index (χ0v) is 14.1. The van der Waals surface area contributed by atoms with Gasteiger partial charge in [-0.2, -0.15) is 0 Å². The van der Waals surface area contributed by atoms with E-state index in [-0.39, 0.29) is 16.0 Å². The second-order valence-electron chi connectivity index (χ2n) is 4.85. The minimum atomic E-state index is -1.15. The van der Waals surface area contributed by atoms with Crippen LogP contribution < -0.4 is 0 Å². The Morgan fingerprint density at radius 3 is 2.44 bits per heavy atom. The Morgan fingerprint density at radius 1 is 1.12 bits per heavy atom. The fraction of sp³-hybridized carbons (Fsp3) is 0. The summed E-state index contributed by atoms with van der Waals surface area (Å²) in [6.07, 6.45) is 1.40. The lowest BCUT2D eigenvalue weighted by molar-refractivity contribution is -0.131. The number of thioether (sulfide) groups is 1. The number of carboxylic acids is 1. The number of carbonyl (C=O) groups is 1. The average molecular weight is 377 g/mol. The van der Waals surface area contributed by atoms with E-state index in [2.05, 4.69) is 10.2 Å². The van der Waals surface area contributed by atoms with E-state index >= 15 is 0 Å². The summed E-state index contributed by atoms with van der Waals surface area (Å²) < 4.78 is 18.4. The van der Waals surface area contributed by atoms with Crippen molar-refractivity contribution in [3.63, 3.8) is 0 Å². The van der Waals surface area contributed by atoms with Crippen molar-refractivity contribution >= 4 is 35.4 Å². The van der Waals surface area contributed by atoms with Crippen molar-refractivity contribution in [2.75, 3.05) is 0 Å². The maximum Gasteiger partial charge on any atom is 0.342 e. The fourth-order valence-electron chi connectivity index (χ4n) is 1.90. The molecule has 0 unspecified atom stereocenters. The maximum atomic E-state index is 12.9. The molecule has 0 amide bonds. The van der Waals surface area contributed by atoms with Gasteiger partial charge in [-0.1, -0.05) is 23.7 Å². The molecule has 1 heterocycles. The molecule has 1 aromatic heterocycles. The number of aromatic nitrogens is 2. The first kappa shape index (κ1) is 17.2. The zero-order valence-electron chi connectivity index (χ0n) is 12.5. The van der Waals surface area contributed by atoms with Crippen molar-refractivity contribution in [2.45, 2.75) is 5.22 Å². The van der Waals surface area contributed by atoms with Gasteiger partial charge >= 0.3 is 5.97 Å². The number of hydrogen-bond acceptors (Lipinski definition) is 5. The van der Waals surface area contributed by atoms with E-state index in [1.807, 2.05) is 0 Å². The first-order valence-electron chi connectivity index (χ1n) is 6.99. The summed E-state index contributed by atoms with van der Waals surface area (Å²) >= 11 is 6.64. The van der Waals surface area contributed by atoms with Crippen molar-refractivity contribution in [1.29, 1.82) is 0 Å². The zero-order chi connectivity index (χ0) is 17.8. The van der Waals surface area contributed by atoms with E-state index in [0.29, 0.717) is 16.1 Å². The summed E-state index contributed by atoms with van der Waals surface area (Å²) in [6, 6.07) is 12.3. The molecule has 126 valence electrons. The van der Waals surface area contributed by atoms with E-state index in [1.165, 1.54) is 30.3 Å². The van der Waals surface area contributed by atoms with E-state index in [1.54, 1.807) is 24.3 Å². The van der Waals surface area contributed by atoms with Gasteiger partial charge in [0.05, 0.1) is 0 Å². The van der Waals surface area contributed by atoms with Crippen LogP contribution in [0.5, 0.6) is 0 Å². The Bertz CT molecular complexity index is 924. The summed E-state index contributed by atoms with van der Waals surface area (Å²) in [5.41, 5.74) is 1.21. The molecule has 1 N–H and O–H groups in total. The molecule has 2 aromatic carbocycles. The molecule has 0 saturated carbocycles. The Balaban J connectivity index is 1.82. The molecule has 0 aliphatic carbocycles. The lowest BCUT2D eigenvalue weighted by atomic mass is 10.2. The lowest BCUT2D eigenvalue weighted by Crippen LogP contribution is -1.96. The van der Waals surface area contributed by atoms with Gasteiger partial charge in [-0.15, -0.1) is 10.2 Å². The molecule has 0 aliphatic rings. The quantitative estimate of drug-likeness (QED) is 0.511. The van der Waals surface area contributed by atoms with E-state index in [0.717, 1.165) is 11.8 Å². The maximum absolute atomic E-state index is 12.9. The Morgan fingerprint density at radius 2 is 1.80 bits per heavy atom. The summed E-state index contributed by atoms with van der Waals surface area (Å²) in [7, 11) is 0. The highest BCUT2D eigenvalue weighted by atomic mass is 35.5. The van der Waals surface area contributed by atoms with Crippen LogP contribution in [0.2, 0.25) is 5.02 Å². The third-order valence-corrected chi connectivity index (χ3v) is 4.18. The van der Waals surface area contributed by atoms with Crippen molar-refractivity contribution < 1.29 is 18.7 Å². The summed E-state index contributed by atoms with van der Waals surface area (Å²) in [6.45, 7) is 0. The molecule has 0 radical (unpaired) electrons. The van der Waals surface area contributed by atoms with Gasteiger partial charge in [0.15, 0.2) is 0 Å². The molecule has 0 atom stereocenters. The number of hydrogen-bond donors (Lipinski definition) is 1. The SMILES string of the molecule is O=C(O)/C(=C/c1ccc(F)cc1)Sc1nnc(-c2ccc(Cl)cc2)o1. The number of benzene rings is 2. The number of rotatable bonds is 5. The molecule has 0 bridgehead atoms. The van der Waals surface area contributed by atoms with Crippen molar-refractivity contribution in [3.8, 4) is 11.5 Å². The lowest BCUT2D eigenvalue weighted by Gasteiger charge is -1.99. The largest absolute Gasteiger partial charge is 0.477 e. The molecule has 3 rings (SSSR count). The van der Waals surface area contributed by atoms with Gasteiger partial charge in [0.25, 0.3) is 5.22 Å². The number of carboxylic acid groups (broad SMARTS) is 1. The van der Waals surface area contributed by atoms with Gasteiger partial charge < -0.3 is 9.52 Å². The van der Waals surface area contributed by atoms with Crippen LogP contribution in [0.3, 0.4) is 0 Å². The molecule has 3 aromatic rings. The molecule has 0 spiro atoms. The molecule has 5 nitrogen and oxygen atoms in total. The first-order valence-corrected chi connectivity index (χ1v) is 8.18. The van der Waals surface area contributed by atoms with E-state index < -0.39 is 11.8 Å². The Hall–Kier alpha value is -2.64. The molecule has 0 aliphatic heterocycles. The predicted molar refractivity (Wildman–Crippen MR) is 92.6 cm³/mol. The number of nitrogens with zero attached hydrogens (tertiary/aromatic N) is 2. The van der Waals surface area contributed by atoms with Crippen LogP contribution in [0.4, 0.5) is 4.39 Å². The van der Waals surface area contributed by atoms with Crippen LogP contribution in [0.25, 0.3) is 17.5 Å². The van der Waals surface area contributed by atoms with Gasteiger partial charge in [-0.25, -0.2) is 9.18 Å². The summed E-state index contributed by atoms with van der Waals surface area (Å²) in [4.78, 5) is 11.4. The summed E-state index contributed by atoms with van der Waals surface area (Å²) in [5, 5.41) is 17.7. The van der Waals surface area contributed by atoms with Crippen LogP contribution in [0.1, 0.15) is 5.56 Å². The molecule has 8 heteroatoms. The van der Waals surface area contributed by atoms with Gasteiger partial charge in [-0.3, -0.25) is 0 Å². The topological polar surface area (TPSA) is 76.2 Å². The standard InChI is InChI=1S/C17H10ClFN2O3S/c18-12-5-3-11(4-6-12)15-20-21-17(24-15)25-14(16(22)23)9-10-1-7-13(19)8-2-10/h1-9H,(H,22,23)/b14-9-. The van der Waals surface area contributed by atoms with Gasteiger partial charge in [0.2, 0.25) is 5.89 Å². The van der Waals surface area contributed by atoms with Gasteiger partial charge in [0.1, 0.15) is 10.7 Å². The Kier molecular flexibility index (Phi) is 5.16. The van der Waals surface area contributed by atoms with Crippen LogP contribution >= 0.6 is 23.4 Å². The highest BCUT2D eigenvalue weighted by Gasteiger charge is 2.16. The molecule has 0 fully saturated rings. The van der Waals surface area contributed by atoms with E-state index in [9.17, 15) is 14.3 Å². The molecular formula is C17H10ClFN2O3S. The second kappa shape index (κ2) is 7.50. The normalized spacial score (nSPS) is 11.5. The smallest absolute Gasteiger partial charge is 0.342 e. The first-order chi connectivity index (χ1) is 12.0. The highest BCUT2D eigenvalue weighted by Crippen LogP contribution is 2.30. The third kappa shape index (κ3) is 4.46. The molecular weight excluding hydrogens is 367 g/mol. The minimum Gasteiger partial charge on any atom is -0.477 e. The number of aliphatic carboxylic acids is 1. The van der Waals surface area contributed by atoms with Crippen molar-refractivity contribution in [2.24, 2.45) is 0 Å². The van der Waals surface area contributed by atoms with Gasteiger partial charge in [-0.05, 0) is 59.8 Å². The average Bonchev–Trinajstić information content (AvgIpc) is 3.05. The minimum absolute atomic E-state index is 0.0297. The second-order valence-corrected chi connectivity index (χ2v) is 6.28. The van der Waals surface area contributed by atoms with Crippen LogP contribution in [-0.4, -0.2) is 21.3 Å². The fourth-order valence-corrected chi connectivity index (χ4v) is 2.70. The summed E-state index contributed by atoms with van der Waals surface area (Å²) in [5.74, 6) is -1.29. The van der Waals surface area contributed by atoms with Crippen LogP contribution in [0.15, 0.2) is 63.1 Å². The van der Waals surface area contributed by atoms with E-state index in [4.69, 9.17) is 16.0 Å². The molecule has 0 saturated heterocycles. The van der Waals surface area contributed by atoms with Crippen LogP contribution in [-0.2, 0) is 4.79 Å². The third-order valence-electron chi connectivity index (χ3n) is 3.07. The van der Waals surface area contributed by atoms with Crippen molar-refractivity contribution in [1.82, 2.24) is 10.2 Å². The molecule has 25 heavy (non-hydrogen) atoms. The highest BCUT2D eigenvalue weighted by molar-refractivity contribution is 8.03.